The molecule has 1 unspecified atom stereocenters. The predicted molar refractivity (Wildman–Crippen MR) is 105 cm³/mol. The number of nitrogens with two attached hydrogens (primary N) is 1. The molecule has 0 bridgehead atoms. The Morgan fingerprint density at radius 1 is 1.36 bits per heavy atom. The van der Waals surface area contributed by atoms with Crippen molar-refractivity contribution in [1.29, 1.82) is 0 Å². The van der Waals surface area contributed by atoms with Crippen molar-refractivity contribution in [3.63, 3.8) is 0 Å². The van der Waals surface area contributed by atoms with Crippen molar-refractivity contribution in [2.24, 2.45) is 5.73 Å². The van der Waals surface area contributed by atoms with Crippen molar-refractivity contribution in [1.82, 2.24) is 25.5 Å². The lowest BCUT2D eigenvalue weighted by Crippen LogP contribution is -2.29. The molecule has 154 valence electrons. The van der Waals surface area contributed by atoms with Gasteiger partial charge in [0.1, 0.15) is 6.54 Å². The second-order valence-corrected chi connectivity index (χ2v) is 6.27. The van der Waals surface area contributed by atoms with E-state index in [4.69, 9.17) is 27.4 Å². The van der Waals surface area contributed by atoms with Crippen molar-refractivity contribution in [2.75, 3.05) is 6.61 Å². The summed E-state index contributed by atoms with van der Waals surface area (Å²) in [5, 5.41) is 31.8. The molecule has 1 heterocycles. The molecule has 0 saturated carbocycles. The fourth-order valence-electron chi connectivity index (χ4n) is 2.40. The van der Waals surface area contributed by atoms with Crippen LogP contribution in [0.2, 0.25) is 5.02 Å². The molecule has 0 radical (unpaired) electrons. The van der Waals surface area contributed by atoms with E-state index in [1.165, 1.54) is 4.68 Å². The van der Waals surface area contributed by atoms with E-state index in [0.29, 0.717) is 36.7 Å². The number of tetrazole rings is 1. The van der Waals surface area contributed by atoms with E-state index in [-0.39, 0.29) is 31.5 Å². The van der Waals surface area contributed by atoms with Gasteiger partial charge in [-0.1, -0.05) is 29.8 Å². The van der Waals surface area contributed by atoms with Crippen LogP contribution in [0.5, 0.6) is 0 Å². The highest BCUT2D eigenvalue weighted by molar-refractivity contribution is 6.32. The van der Waals surface area contributed by atoms with Crippen molar-refractivity contribution in [3.8, 4) is 0 Å². The zero-order valence-corrected chi connectivity index (χ0v) is 16.6. The summed E-state index contributed by atoms with van der Waals surface area (Å²) in [5.74, 6) is 0.145. The van der Waals surface area contributed by atoms with Gasteiger partial charge in [0.05, 0.1) is 6.04 Å². The van der Waals surface area contributed by atoms with Gasteiger partial charge in [-0.25, -0.2) is 4.68 Å². The predicted octanol–water partition coefficient (Wildman–Crippen LogP) is 0.221. The number of unbranched alkanes of at least 4 members (excludes halogenated alkanes) is 1. The quantitative estimate of drug-likeness (QED) is 0.291. The molecule has 1 atom stereocenters. The number of carbonyl (C=O) groups excluding carboxylic acids is 1. The molecule has 0 aliphatic carbocycles. The van der Waals surface area contributed by atoms with E-state index in [1.807, 2.05) is 18.2 Å². The lowest BCUT2D eigenvalue weighted by atomic mass is 10.1. The normalized spacial score (nSPS) is 11.6. The van der Waals surface area contributed by atoms with Crippen LogP contribution in [0.25, 0.3) is 0 Å². The van der Waals surface area contributed by atoms with Crippen molar-refractivity contribution in [3.05, 3.63) is 40.7 Å². The van der Waals surface area contributed by atoms with E-state index in [9.17, 15) is 4.79 Å². The first-order valence-corrected chi connectivity index (χ1v) is 8.84. The standard InChI is InChI=1S/C15H22BClN6O4.ClH/c17-12-6-2-1-5-11(12)9-19-14(24)10-23-15(20-21-22-23)13(18)7-3-4-8-27-16(25)26;/h1-2,5-6,13,25-26H,3-4,7-10,18H2,(H,19,24);1H. The molecule has 0 aliphatic heterocycles. The zero-order valence-electron chi connectivity index (χ0n) is 15.1. The van der Waals surface area contributed by atoms with Crippen LogP contribution < -0.4 is 11.1 Å². The van der Waals surface area contributed by atoms with Gasteiger partial charge >= 0.3 is 7.32 Å². The Morgan fingerprint density at radius 2 is 2.11 bits per heavy atom. The smallest absolute Gasteiger partial charge is 0.402 e. The molecule has 28 heavy (non-hydrogen) atoms. The summed E-state index contributed by atoms with van der Waals surface area (Å²) in [6.07, 6.45) is 1.84. The largest absolute Gasteiger partial charge is 0.633 e. The Bertz CT molecular complexity index is 736. The minimum absolute atomic E-state index is 0. The molecule has 0 fully saturated rings. The van der Waals surface area contributed by atoms with E-state index < -0.39 is 13.4 Å². The first-order chi connectivity index (χ1) is 13.0. The van der Waals surface area contributed by atoms with E-state index in [2.05, 4.69) is 25.5 Å². The zero-order chi connectivity index (χ0) is 19.6. The number of nitrogens with zero attached hydrogens (tertiary/aromatic N) is 4. The molecule has 13 heteroatoms. The molecule has 1 aromatic carbocycles. The summed E-state index contributed by atoms with van der Waals surface area (Å²) in [5.41, 5.74) is 6.91. The number of carbonyl (C=O) groups is 1. The second-order valence-electron chi connectivity index (χ2n) is 5.86. The molecule has 0 saturated heterocycles. The fraction of sp³-hybridized carbons (Fsp3) is 0.467. The van der Waals surface area contributed by atoms with Crippen molar-refractivity contribution >= 4 is 37.2 Å². The number of aromatic nitrogens is 4. The maximum absolute atomic E-state index is 12.2. The minimum atomic E-state index is -1.77. The summed E-state index contributed by atoms with van der Waals surface area (Å²) in [6.45, 7) is 0.457. The second kappa shape index (κ2) is 12.7. The van der Waals surface area contributed by atoms with Gasteiger partial charge in [-0.05, 0) is 41.3 Å². The highest BCUT2D eigenvalue weighted by Gasteiger charge is 2.17. The van der Waals surface area contributed by atoms with Crippen molar-refractivity contribution in [2.45, 2.75) is 38.4 Å². The van der Waals surface area contributed by atoms with Crippen LogP contribution in [0.15, 0.2) is 24.3 Å². The summed E-state index contributed by atoms with van der Waals surface area (Å²) in [6, 6.07) is 6.81. The first kappa shape index (κ1) is 24.3. The monoisotopic (exact) mass is 432 g/mol. The molecular formula is C15H23BCl2N6O4. The number of hydrogen-bond donors (Lipinski definition) is 4. The fourth-order valence-corrected chi connectivity index (χ4v) is 2.60. The lowest BCUT2D eigenvalue weighted by molar-refractivity contribution is -0.122. The molecule has 0 aliphatic rings. The topological polar surface area (TPSA) is 148 Å². The highest BCUT2D eigenvalue weighted by atomic mass is 35.5. The van der Waals surface area contributed by atoms with Gasteiger partial charge < -0.3 is 25.8 Å². The lowest BCUT2D eigenvalue weighted by Gasteiger charge is -2.12. The van der Waals surface area contributed by atoms with E-state index in [1.54, 1.807) is 6.07 Å². The molecule has 2 rings (SSSR count). The number of hydrogen-bond acceptors (Lipinski definition) is 8. The number of benzene rings is 1. The number of nitrogens with one attached hydrogen (secondary N) is 1. The average Bonchev–Trinajstić information content (AvgIpc) is 3.08. The number of amides is 1. The maximum atomic E-state index is 12.2. The third-order valence-electron chi connectivity index (χ3n) is 3.79. The Kier molecular flexibility index (Phi) is 11.0. The molecule has 5 N–H and O–H groups in total. The Labute approximate surface area is 174 Å². The molecule has 2 aromatic rings. The van der Waals surface area contributed by atoms with E-state index in [0.717, 1.165) is 5.56 Å². The molecule has 1 amide bonds. The third kappa shape index (κ3) is 8.09. The summed E-state index contributed by atoms with van der Waals surface area (Å²) >= 11 is 6.06. The maximum Gasteiger partial charge on any atom is 0.633 e. The minimum Gasteiger partial charge on any atom is -0.402 e. The number of halogens is 2. The Morgan fingerprint density at radius 3 is 2.82 bits per heavy atom. The summed E-state index contributed by atoms with van der Waals surface area (Å²) < 4.78 is 5.99. The molecule has 10 nitrogen and oxygen atoms in total. The number of rotatable bonds is 11. The Hall–Kier alpha value is -1.76. The van der Waals surface area contributed by atoms with Crippen LogP contribution >= 0.6 is 24.0 Å². The van der Waals surface area contributed by atoms with Gasteiger partial charge in [-0.3, -0.25) is 4.79 Å². The molecule has 1 aromatic heterocycles. The summed E-state index contributed by atoms with van der Waals surface area (Å²) in [4.78, 5) is 12.2. The average molecular weight is 433 g/mol. The van der Waals surface area contributed by atoms with Crippen molar-refractivity contribution < 1.29 is 19.5 Å². The van der Waals surface area contributed by atoms with Crippen LogP contribution in [0.3, 0.4) is 0 Å². The van der Waals surface area contributed by atoms with Gasteiger partial charge in [0.25, 0.3) is 0 Å². The van der Waals surface area contributed by atoms with Crippen LogP contribution in [0, 0.1) is 0 Å². The molecule has 0 spiro atoms. The Balaban J connectivity index is 0.00000392. The van der Waals surface area contributed by atoms with Gasteiger partial charge in [0.2, 0.25) is 5.91 Å². The SMILES string of the molecule is Cl.NC(CCCCOB(O)O)c1nnnn1CC(=O)NCc1ccccc1Cl. The van der Waals surface area contributed by atoms with Gasteiger partial charge in [-0.15, -0.1) is 17.5 Å². The van der Waals surface area contributed by atoms with Crippen LogP contribution in [-0.2, 0) is 22.5 Å². The van der Waals surface area contributed by atoms with Gasteiger partial charge in [0, 0.05) is 18.2 Å². The van der Waals surface area contributed by atoms with Crippen LogP contribution in [0.4, 0.5) is 0 Å². The molecular weight excluding hydrogens is 410 g/mol. The van der Waals surface area contributed by atoms with Gasteiger partial charge in [0.15, 0.2) is 5.82 Å². The third-order valence-corrected chi connectivity index (χ3v) is 4.16. The van der Waals surface area contributed by atoms with E-state index >= 15 is 0 Å². The van der Waals surface area contributed by atoms with Crippen LogP contribution in [0.1, 0.15) is 36.7 Å². The first-order valence-electron chi connectivity index (χ1n) is 8.47. The summed E-state index contributed by atoms with van der Waals surface area (Å²) in [7, 11) is -1.77. The van der Waals surface area contributed by atoms with Crippen LogP contribution in [-0.4, -0.2) is 50.1 Å². The highest BCUT2D eigenvalue weighted by Crippen LogP contribution is 2.15. The van der Waals surface area contributed by atoms with Gasteiger partial charge in [-0.2, -0.15) is 0 Å².